The van der Waals surface area contributed by atoms with Crippen molar-refractivity contribution in [3.05, 3.63) is 23.8 Å². The summed E-state index contributed by atoms with van der Waals surface area (Å²) in [7, 11) is 0. The number of halogens is 3. The molecule has 25 heavy (non-hydrogen) atoms. The molecule has 1 amide bonds. The first-order valence-electron chi connectivity index (χ1n) is 8.20. The Morgan fingerprint density at radius 1 is 1.36 bits per heavy atom. The summed E-state index contributed by atoms with van der Waals surface area (Å²) in [6.07, 6.45) is -0.244. The van der Waals surface area contributed by atoms with E-state index >= 15 is 0 Å². The van der Waals surface area contributed by atoms with Crippen LogP contribution in [-0.4, -0.2) is 33.7 Å². The first-order valence-corrected chi connectivity index (χ1v) is 8.20. The number of amides is 1. The van der Waals surface area contributed by atoms with Gasteiger partial charge in [0.25, 0.3) is 5.91 Å². The lowest BCUT2D eigenvalue weighted by Gasteiger charge is -2.29. The number of carbonyl (C=O) groups is 1. The number of carbonyl (C=O) groups excluding carboxylic acids is 1. The van der Waals surface area contributed by atoms with E-state index in [0.29, 0.717) is 5.92 Å². The normalized spacial score (nSPS) is 21.3. The quantitative estimate of drug-likeness (QED) is 0.914. The van der Waals surface area contributed by atoms with Gasteiger partial charge in [-0.1, -0.05) is 24.6 Å². The van der Waals surface area contributed by atoms with Gasteiger partial charge < -0.3 is 10.2 Å². The van der Waals surface area contributed by atoms with Crippen molar-refractivity contribution < 1.29 is 22.8 Å². The van der Waals surface area contributed by atoms with E-state index in [1.54, 1.807) is 0 Å². The molecule has 0 aliphatic heterocycles. The number of alkyl halides is 3. The Bertz CT molecular complexity index is 759. The first-order chi connectivity index (χ1) is 11.8. The monoisotopic (exact) mass is 356 g/mol. The first kappa shape index (κ1) is 17.5. The number of nitrogens with one attached hydrogen (secondary N) is 1. The maximum absolute atomic E-state index is 12.8. The maximum atomic E-state index is 12.8. The second-order valence-corrected chi connectivity index (χ2v) is 6.37. The van der Waals surface area contributed by atoms with Crippen LogP contribution >= 0.6 is 0 Å². The minimum absolute atomic E-state index is 0.0636. The lowest BCUT2D eigenvalue weighted by molar-refractivity contribution is -0.137. The molecule has 0 spiro atoms. The van der Waals surface area contributed by atoms with Gasteiger partial charge in [0.1, 0.15) is 11.0 Å². The van der Waals surface area contributed by atoms with E-state index in [1.807, 2.05) is 0 Å². The average molecular weight is 356 g/mol. The van der Waals surface area contributed by atoms with Crippen molar-refractivity contribution in [2.24, 2.45) is 5.92 Å². The third-order valence-corrected chi connectivity index (χ3v) is 4.52. The minimum atomic E-state index is -4.47. The van der Waals surface area contributed by atoms with Gasteiger partial charge in [-0.05, 0) is 42.2 Å². The van der Waals surface area contributed by atoms with Crippen molar-refractivity contribution in [1.29, 1.82) is 0 Å². The third-order valence-electron chi connectivity index (χ3n) is 4.52. The molecule has 9 heteroatoms. The van der Waals surface area contributed by atoms with Crippen LogP contribution in [0, 0.1) is 5.92 Å². The molecular formula is C16H19F3N4O2. The summed E-state index contributed by atoms with van der Waals surface area (Å²) in [5.74, 6) is 0.0774. The van der Waals surface area contributed by atoms with E-state index in [-0.39, 0.29) is 29.6 Å². The molecule has 1 heterocycles. The Labute approximate surface area is 142 Å². The molecule has 0 unspecified atom stereocenters. The van der Waals surface area contributed by atoms with Crippen LogP contribution in [0.15, 0.2) is 18.2 Å². The van der Waals surface area contributed by atoms with Crippen LogP contribution < -0.4 is 10.2 Å². The highest BCUT2D eigenvalue weighted by Gasteiger charge is 2.31. The summed E-state index contributed by atoms with van der Waals surface area (Å²) in [6.45, 7) is 1.76. The zero-order chi connectivity index (χ0) is 18.0. The highest BCUT2D eigenvalue weighted by molar-refractivity contribution is 5.78. The topological polar surface area (TPSA) is 69.0 Å². The van der Waals surface area contributed by atoms with Crippen molar-refractivity contribution in [1.82, 2.24) is 20.5 Å². The second-order valence-electron chi connectivity index (χ2n) is 6.37. The molecule has 2 atom stereocenters. The highest BCUT2D eigenvalue weighted by Crippen LogP contribution is 2.30. The van der Waals surface area contributed by atoms with E-state index in [0.717, 1.165) is 42.7 Å². The molecule has 1 N–H and O–H groups in total. The zero-order valence-corrected chi connectivity index (χ0v) is 13.7. The predicted octanol–water partition coefficient (Wildman–Crippen LogP) is 2.57. The smallest absolute Gasteiger partial charge is 0.385 e. The number of hydrogen-bond donors (Lipinski definition) is 1. The van der Waals surface area contributed by atoms with Crippen molar-refractivity contribution in [3.8, 4) is 0 Å². The Morgan fingerprint density at radius 2 is 2.12 bits per heavy atom. The summed E-state index contributed by atoms with van der Waals surface area (Å²) in [4.78, 5) is 18.1. The molecule has 136 valence electrons. The van der Waals surface area contributed by atoms with E-state index in [4.69, 9.17) is 4.84 Å². The molecule has 1 aliphatic rings. The summed E-state index contributed by atoms with van der Waals surface area (Å²) in [6, 6.07) is 3.15. The molecule has 0 saturated heterocycles. The van der Waals surface area contributed by atoms with Gasteiger partial charge in [0.15, 0.2) is 6.61 Å². The fraction of sp³-hybridized carbons (Fsp3) is 0.562. The summed E-state index contributed by atoms with van der Waals surface area (Å²) >= 11 is 0. The van der Waals surface area contributed by atoms with Gasteiger partial charge in [0.05, 0.1) is 5.56 Å². The van der Waals surface area contributed by atoms with E-state index < -0.39 is 11.7 Å². The number of aromatic nitrogens is 3. The largest absolute Gasteiger partial charge is 0.416 e. The van der Waals surface area contributed by atoms with Crippen LogP contribution in [0.1, 0.15) is 38.2 Å². The lowest BCUT2D eigenvalue weighted by atomic mass is 9.86. The maximum Gasteiger partial charge on any atom is 0.416 e. The van der Waals surface area contributed by atoms with E-state index in [2.05, 4.69) is 22.6 Å². The van der Waals surface area contributed by atoms with Crippen molar-refractivity contribution in [2.75, 3.05) is 6.61 Å². The van der Waals surface area contributed by atoms with Crippen molar-refractivity contribution >= 4 is 16.9 Å². The molecule has 1 fully saturated rings. The number of nitrogens with zero attached hydrogens (tertiary/aromatic N) is 3. The van der Waals surface area contributed by atoms with E-state index in [9.17, 15) is 18.0 Å². The molecule has 2 aromatic rings. The molecule has 3 rings (SSSR count). The van der Waals surface area contributed by atoms with Gasteiger partial charge in [0.2, 0.25) is 0 Å². The molecule has 1 aromatic heterocycles. The molecule has 1 saturated carbocycles. The molecule has 0 radical (unpaired) electrons. The highest BCUT2D eigenvalue weighted by atomic mass is 19.4. The molecule has 6 nitrogen and oxygen atoms in total. The summed E-state index contributed by atoms with van der Waals surface area (Å²) < 4.78 is 38.4. The lowest BCUT2D eigenvalue weighted by Crippen LogP contribution is -2.43. The Hall–Kier alpha value is -2.32. The van der Waals surface area contributed by atoms with Gasteiger partial charge in [0, 0.05) is 6.04 Å². The summed E-state index contributed by atoms with van der Waals surface area (Å²) in [5.41, 5.74) is -0.504. The van der Waals surface area contributed by atoms with Gasteiger partial charge in [-0.2, -0.15) is 13.2 Å². The van der Waals surface area contributed by atoms with Gasteiger partial charge in [-0.3, -0.25) is 4.79 Å². The Balaban J connectivity index is 1.65. The van der Waals surface area contributed by atoms with Crippen molar-refractivity contribution in [2.45, 2.75) is 44.8 Å². The zero-order valence-electron chi connectivity index (χ0n) is 13.7. The fourth-order valence-electron chi connectivity index (χ4n) is 3.07. The number of benzene rings is 1. The van der Waals surface area contributed by atoms with Crippen LogP contribution in [-0.2, 0) is 11.0 Å². The molecular weight excluding hydrogens is 337 g/mol. The van der Waals surface area contributed by atoms with Crippen LogP contribution in [0.3, 0.4) is 0 Å². The SMILES string of the molecule is C[C@H]1CCCC[C@H]1NC(=O)COn1nnc2ccc(C(F)(F)F)cc21. The Kier molecular flexibility index (Phi) is 4.82. The minimum Gasteiger partial charge on any atom is -0.385 e. The second kappa shape index (κ2) is 6.89. The fourth-order valence-corrected chi connectivity index (χ4v) is 3.07. The van der Waals surface area contributed by atoms with Crippen LogP contribution in [0.5, 0.6) is 0 Å². The molecule has 1 aromatic carbocycles. The number of hydrogen-bond acceptors (Lipinski definition) is 4. The standard InChI is InChI=1S/C16H19F3N4O2/c1-10-4-2-3-5-12(10)20-15(24)9-25-23-14-8-11(16(17,18)19)6-7-13(14)21-22-23/h6-8,10,12H,2-5,9H2,1H3,(H,20,24)/t10-,12+/m0/s1. The molecule has 0 bridgehead atoms. The van der Waals surface area contributed by atoms with Crippen LogP contribution in [0.2, 0.25) is 0 Å². The van der Waals surface area contributed by atoms with Crippen LogP contribution in [0.4, 0.5) is 13.2 Å². The predicted molar refractivity (Wildman–Crippen MR) is 83.5 cm³/mol. The molecule has 1 aliphatic carbocycles. The van der Waals surface area contributed by atoms with Crippen molar-refractivity contribution in [3.63, 3.8) is 0 Å². The van der Waals surface area contributed by atoms with Gasteiger partial charge in [-0.25, -0.2) is 0 Å². The van der Waals surface area contributed by atoms with Crippen LogP contribution in [0.25, 0.3) is 11.0 Å². The van der Waals surface area contributed by atoms with Gasteiger partial charge in [-0.15, -0.1) is 5.10 Å². The number of rotatable bonds is 4. The average Bonchev–Trinajstić information content (AvgIpc) is 2.96. The van der Waals surface area contributed by atoms with E-state index in [1.165, 1.54) is 6.07 Å². The Morgan fingerprint density at radius 3 is 2.84 bits per heavy atom. The van der Waals surface area contributed by atoms with Gasteiger partial charge >= 0.3 is 6.18 Å². The third kappa shape index (κ3) is 4.02. The number of fused-ring (bicyclic) bond motifs is 1. The summed E-state index contributed by atoms with van der Waals surface area (Å²) in [5, 5.41) is 10.3.